The molecule has 0 N–H and O–H groups in total. The predicted octanol–water partition coefficient (Wildman–Crippen LogP) is 8.39. The molecule has 4 aromatic carbocycles. The van der Waals surface area contributed by atoms with Crippen LogP contribution in [0.2, 0.25) is 0 Å². The lowest BCUT2D eigenvalue weighted by Crippen LogP contribution is -2.07. The fourth-order valence-electron chi connectivity index (χ4n) is 4.74. The van der Waals surface area contributed by atoms with Gasteiger partial charge in [-0.25, -0.2) is 0 Å². The van der Waals surface area contributed by atoms with Gasteiger partial charge in [0.1, 0.15) is 0 Å². The molecule has 178 valence electrons. The Labute approximate surface area is 206 Å². The summed E-state index contributed by atoms with van der Waals surface area (Å²) < 4.78 is 26.8. The second kappa shape index (κ2) is 10.2. The summed E-state index contributed by atoms with van der Waals surface area (Å²) >= 11 is 0. The lowest BCUT2D eigenvalue weighted by atomic mass is 10.0. The van der Waals surface area contributed by atoms with Crippen LogP contribution in [0.5, 0.6) is 0 Å². The molecule has 0 radical (unpaired) electrons. The molecule has 4 nitrogen and oxygen atoms in total. The van der Waals surface area contributed by atoms with E-state index in [1.807, 2.05) is 26.0 Å². The van der Waals surface area contributed by atoms with Gasteiger partial charge < -0.3 is 13.6 Å². The van der Waals surface area contributed by atoms with E-state index in [2.05, 4.69) is 89.5 Å². The maximum Gasteiger partial charge on any atom is 0.332 e. The van der Waals surface area contributed by atoms with Crippen molar-refractivity contribution in [2.24, 2.45) is 0 Å². The minimum atomic E-state index is -3.18. The summed E-state index contributed by atoms with van der Waals surface area (Å²) in [4.78, 5) is 0. The molecule has 0 saturated heterocycles. The highest BCUT2D eigenvalue weighted by Gasteiger charge is 2.24. The Kier molecular flexibility index (Phi) is 6.88. The minimum Gasteiger partial charge on any atom is -0.340 e. The highest BCUT2D eigenvalue weighted by atomic mass is 31.2. The normalized spacial score (nSPS) is 11.9. The van der Waals surface area contributed by atoms with Crippen LogP contribution in [0.3, 0.4) is 0 Å². The summed E-state index contributed by atoms with van der Waals surface area (Å²) in [6, 6.07) is 34.0. The number of hydrogen-bond donors (Lipinski definition) is 0. The van der Waals surface area contributed by atoms with E-state index < -0.39 is 7.60 Å². The highest BCUT2D eigenvalue weighted by molar-refractivity contribution is 7.53. The molecule has 5 aromatic rings. The number of nitrogens with zero attached hydrogens (tertiary/aromatic N) is 1. The topological polar surface area (TPSA) is 40.5 Å². The second-order valence-electron chi connectivity index (χ2n) is 8.52. The average molecular weight is 484 g/mol. The van der Waals surface area contributed by atoms with Crippen molar-refractivity contribution in [2.75, 3.05) is 19.4 Å². The van der Waals surface area contributed by atoms with Crippen LogP contribution in [0.4, 0.5) is 0 Å². The van der Waals surface area contributed by atoms with E-state index in [4.69, 9.17) is 9.05 Å². The van der Waals surface area contributed by atoms with E-state index in [1.165, 1.54) is 21.9 Å². The molecule has 5 rings (SSSR count). The lowest BCUT2D eigenvalue weighted by Gasteiger charge is -2.18. The van der Waals surface area contributed by atoms with Crippen LogP contribution in [0, 0.1) is 0 Å². The Morgan fingerprint density at radius 2 is 1.09 bits per heavy atom. The zero-order valence-electron chi connectivity index (χ0n) is 20.2. The smallest absolute Gasteiger partial charge is 0.332 e. The molecule has 0 fully saturated rings. The van der Waals surface area contributed by atoms with Crippen molar-refractivity contribution in [3.05, 3.63) is 97.1 Å². The molecule has 0 spiro atoms. The average Bonchev–Trinajstić information content (AvgIpc) is 3.21. The Morgan fingerprint density at radius 3 is 1.51 bits per heavy atom. The number of hydrogen-bond acceptors (Lipinski definition) is 3. The van der Waals surface area contributed by atoms with Crippen LogP contribution >= 0.6 is 7.60 Å². The van der Waals surface area contributed by atoms with Gasteiger partial charge in [-0.05, 0) is 48.2 Å². The van der Waals surface area contributed by atoms with Gasteiger partial charge in [-0.3, -0.25) is 4.57 Å². The monoisotopic (exact) mass is 483 g/mol. The lowest BCUT2D eigenvalue weighted by molar-refractivity contribution is 0.219. The molecule has 1 heterocycles. The van der Waals surface area contributed by atoms with Crippen molar-refractivity contribution < 1.29 is 13.6 Å². The van der Waals surface area contributed by atoms with Crippen LogP contribution in [0.25, 0.3) is 44.1 Å². The van der Waals surface area contributed by atoms with Gasteiger partial charge >= 0.3 is 7.60 Å². The molecule has 0 amide bonds. The fourth-order valence-corrected chi connectivity index (χ4v) is 6.30. The third-order valence-corrected chi connectivity index (χ3v) is 8.38. The van der Waals surface area contributed by atoms with Gasteiger partial charge in [0.15, 0.2) is 0 Å². The number of aryl methyl sites for hydroxylation is 1. The van der Waals surface area contributed by atoms with E-state index in [1.54, 1.807) is 0 Å². The molecule has 35 heavy (non-hydrogen) atoms. The molecule has 5 heteroatoms. The number of benzene rings is 4. The number of fused-ring (bicyclic) bond motifs is 3. The largest absolute Gasteiger partial charge is 0.340 e. The highest BCUT2D eigenvalue weighted by Crippen LogP contribution is 2.48. The van der Waals surface area contributed by atoms with Crippen LogP contribution in [0.15, 0.2) is 97.1 Å². The summed E-state index contributed by atoms with van der Waals surface area (Å²) in [5.41, 5.74) is 6.89. The first-order chi connectivity index (χ1) is 17.1. The maximum absolute atomic E-state index is 13.3. The van der Waals surface area contributed by atoms with E-state index in [0.29, 0.717) is 25.9 Å². The number of aromatic nitrogens is 1. The van der Waals surface area contributed by atoms with E-state index >= 15 is 0 Å². The molecule has 0 bridgehead atoms. The van der Waals surface area contributed by atoms with Crippen LogP contribution in [0.1, 0.15) is 13.8 Å². The van der Waals surface area contributed by atoms with Gasteiger partial charge in [0.05, 0.1) is 19.4 Å². The molecule has 0 atom stereocenters. The standard InChI is InChI=1S/C30H30NO3P/c1-3-33-35(32,34-4-2)20-19-31-29-21-25(23-11-7-5-8-12-23)15-17-27(29)28-18-16-26(22-30(28)31)24-13-9-6-10-14-24/h5-18,21-22H,3-4,19-20H2,1-2H3. The molecule has 1 aromatic heterocycles. The number of rotatable bonds is 9. The van der Waals surface area contributed by atoms with E-state index in [-0.39, 0.29) is 0 Å². The minimum absolute atomic E-state index is 0.318. The van der Waals surface area contributed by atoms with Crippen molar-refractivity contribution in [1.29, 1.82) is 0 Å². The third-order valence-electron chi connectivity index (χ3n) is 6.33. The predicted molar refractivity (Wildman–Crippen MR) is 146 cm³/mol. The van der Waals surface area contributed by atoms with Crippen molar-refractivity contribution >= 4 is 29.4 Å². The maximum atomic E-state index is 13.3. The summed E-state index contributed by atoms with van der Waals surface area (Å²) in [5.74, 6) is 0. The molecule has 0 aliphatic heterocycles. The summed E-state index contributed by atoms with van der Waals surface area (Å²) in [6.45, 7) is 4.96. The van der Waals surface area contributed by atoms with Gasteiger partial charge in [-0.15, -0.1) is 0 Å². The summed E-state index contributed by atoms with van der Waals surface area (Å²) in [7, 11) is -3.18. The van der Waals surface area contributed by atoms with Gasteiger partial charge in [-0.2, -0.15) is 0 Å². The third kappa shape index (κ3) is 4.83. The Balaban J connectivity index is 1.67. The molecule has 0 aliphatic carbocycles. The Hall–Kier alpha value is -3.17. The molecule has 0 saturated carbocycles. The van der Waals surface area contributed by atoms with Crippen molar-refractivity contribution in [3.63, 3.8) is 0 Å². The first-order valence-electron chi connectivity index (χ1n) is 12.2. The van der Waals surface area contributed by atoms with Gasteiger partial charge in [0.25, 0.3) is 0 Å². The second-order valence-corrected chi connectivity index (χ2v) is 10.7. The summed E-state index contributed by atoms with van der Waals surface area (Å²) in [6.07, 6.45) is 0.318. The summed E-state index contributed by atoms with van der Waals surface area (Å²) in [5, 5.41) is 2.36. The molecule has 0 aliphatic rings. The van der Waals surface area contributed by atoms with Crippen molar-refractivity contribution in [3.8, 4) is 22.3 Å². The first kappa shape index (κ1) is 23.6. The van der Waals surface area contributed by atoms with Crippen LogP contribution in [-0.4, -0.2) is 23.9 Å². The molecular formula is C30H30NO3P. The van der Waals surface area contributed by atoms with Gasteiger partial charge in [0.2, 0.25) is 0 Å². The molecule has 0 unspecified atom stereocenters. The van der Waals surface area contributed by atoms with Crippen LogP contribution < -0.4 is 0 Å². The van der Waals surface area contributed by atoms with E-state index in [0.717, 1.165) is 22.2 Å². The van der Waals surface area contributed by atoms with Crippen LogP contribution in [-0.2, 0) is 20.2 Å². The zero-order chi connectivity index (χ0) is 24.3. The van der Waals surface area contributed by atoms with E-state index in [9.17, 15) is 4.57 Å². The molecular weight excluding hydrogens is 453 g/mol. The van der Waals surface area contributed by atoms with Gasteiger partial charge in [0, 0.05) is 28.4 Å². The SMILES string of the molecule is CCOP(=O)(CCn1c2cc(-c3ccccc3)ccc2c2ccc(-c3ccccc3)cc21)OCC. The Morgan fingerprint density at radius 1 is 0.629 bits per heavy atom. The fraction of sp³-hybridized carbons (Fsp3) is 0.200. The van der Waals surface area contributed by atoms with Crippen molar-refractivity contribution in [2.45, 2.75) is 20.4 Å². The first-order valence-corrected chi connectivity index (χ1v) is 13.9. The Bertz CT molecular complexity index is 1390. The quantitative estimate of drug-likeness (QED) is 0.198. The zero-order valence-corrected chi connectivity index (χ0v) is 21.1. The van der Waals surface area contributed by atoms with Gasteiger partial charge in [-0.1, -0.05) is 84.9 Å². The van der Waals surface area contributed by atoms with Crippen molar-refractivity contribution in [1.82, 2.24) is 4.57 Å².